The standard InChI is InChI=1S/C27H32N2O6/c1-3-16(2)23(26(31)32)29-25(30)24-17(12-13-34-24)14-28-27(33)35-15-22-20-10-6-4-8-18(20)19-9-5-7-11-21(19)22/h4-11,16-17,22-24H,3,12-15H2,1-2H3,(H,28,33)(H,29,30)(H,31,32)/t16?,17-,23-,24-/m0/s1. The third-order valence-corrected chi connectivity index (χ3v) is 7.10. The van der Waals surface area contributed by atoms with Gasteiger partial charge in [0.05, 0.1) is 0 Å². The zero-order chi connectivity index (χ0) is 24.9. The molecule has 4 rings (SSSR count). The van der Waals surface area contributed by atoms with Gasteiger partial charge in [0.15, 0.2) is 0 Å². The lowest BCUT2D eigenvalue weighted by Gasteiger charge is -2.24. The maximum absolute atomic E-state index is 12.7. The second kappa shape index (κ2) is 10.9. The number of carbonyl (C=O) groups excluding carboxylic acids is 2. The maximum Gasteiger partial charge on any atom is 0.407 e. The Morgan fingerprint density at radius 3 is 2.31 bits per heavy atom. The van der Waals surface area contributed by atoms with E-state index < -0.39 is 30.1 Å². The highest BCUT2D eigenvalue weighted by atomic mass is 16.5. The SMILES string of the molecule is CCC(C)[C@H](NC(=O)[C@H]1OCC[C@H]1CNC(=O)OCC1c2ccccc2-c2ccccc21)C(=O)O. The van der Waals surface area contributed by atoms with Gasteiger partial charge in [0.2, 0.25) is 5.91 Å². The average Bonchev–Trinajstić information content (AvgIpc) is 3.47. The molecule has 1 aliphatic carbocycles. The molecule has 1 aliphatic heterocycles. The number of carbonyl (C=O) groups is 3. The van der Waals surface area contributed by atoms with E-state index in [4.69, 9.17) is 9.47 Å². The van der Waals surface area contributed by atoms with Gasteiger partial charge in [-0.3, -0.25) is 4.79 Å². The van der Waals surface area contributed by atoms with Crippen LogP contribution in [0.4, 0.5) is 4.79 Å². The van der Waals surface area contributed by atoms with Gasteiger partial charge < -0.3 is 25.2 Å². The molecular formula is C27H32N2O6. The number of carboxylic acids is 1. The zero-order valence-electron chi connectivity index (χ0n) is 20.0. The summed E-state index contributed by atoms with van der Waals surface area (Å²) in [6, 6.07) is 15.3. The van der Waals surface area contributed by atoms with Crippen LogP contribution in [0.3, 0.4) is 0 Å². The fraction of sp³-hybridized carbons (Fsp3) is 0.444. The molecule has 1 saturated heterocycles. The van der Waals surface area contributed by atoms with Crippen LogP contribution in [0.2, 0.25) is 0 Å². The molecule has 0 radical (unpaired) electrons. The number of rotatable bonds is 9. The molecule has 3 N–H and O–H groups in total. The second-order valence-electron chi connectivity index (χ2n) is 9.26. The van der Waals surface area contributed by atoms with Crippen LogP contribution in [0.5, 0.6) is 0 Å². The molecule has 186 valence electrons. The third kappa shape index (κ3) is 5.32. The summed E-state index contributed by atoms with van der Waals surface area (Å²) in [5, 5.41) is 14.8. The summed E-state index contributed by atoms with van der Waals surface area (Å²) >= 11 is 0. The normalized spacial score (nSPS) is 20.4. The lowest BCUT2D eigenvalue weighted by molar-refractivity contribution is -0.145. The maximum atomic E-state index is 12.7. The van der Waals surface area contributed by atoms with Crippen LogP contribution in [0.25, 0.3) is 11.1 Å². The van der Waals surface area contributed by atoms with Crippen molar-refractivity contribution in [2.75, 3.05) is 19.8 Å². The van der Waals surface area contributed by atoms with Crippen LogP contribution < -0.4 is 10.6 Å². The molecule has 2 amide bonds. The summed E-state index contributed by atoms with van der Waals surface area (Å²) in [5.74, 6) is -2.04. The summed E-state index contributed by atoms with van der Waals surface area (Å²) in [5.41, 5.74) is 4.59. The summed E-state index contributed by atoms with van der Waals surface area (Å²) < 4.78 is 11.1. The van der Waals surface area contributed by atoms with Crippen LogP contribution in [0.15, 0.2) is 48.5 Å². The molecule has 8 heteroatoms. The van der Waals surface area contributed by atoms with E-state index in [1.807, 2.05) is 31.2 Å². The van der Waals surface area contributed by atoms with Crippen molar-refractivity contribution in [2.24, 2.45) is 11.8 Å². The molecule has 1 heterocycles. The van der Waals surface area contributed by atoms with Crippen molar-refractivity contribution in [1.82, 2.24) is 10.6 Å². The molecule has 0 bridgehead atoms. The number of nitrogens with one attached hydrogen (secondary N) is 2. The Bertz CT molecular complexity index is 1040. The Morgan fingerprint density at radius 1 is 1.09 bits per heavy atom. The summed E-state index contributed by atoms with van der Waals surface area (Å²) in [6.07, 6.45) is -0.158. The topological polar surface area (TPSA) is 114 Å². The van der Waals surface area contributed by atoms with Gasteiger partial charge in [0.1, 0.15) is 18.8 Å². The summed E-state index contributed by atoms with van der Waals surface area (Å²) in [7, 11) is 0. The molecule has 2 aromatic rings. The van der Waals surface area contributed by atoms with E-state index >= 15 is 0 Å². The van der Waals surface area contributed by atoms with Gasteiger partial charge >= 0.3 is 12.1 Å². The predicted molar refractivity (Wildman–Crippen MR) is 130 cm³/mol. The van der Waals surface area contributed by atoms with E-state index in [9.17, 15) is 19.5 Å². The van der Waals surface area contributed by atoms with Crippen LogP contribution in [0, 0.1) is 11.8 Å². The number of aliphatic carboxylic acids is 1. The van der Waals surface area contributed by atoms with E-state index in [-0.39, 0.29) is 30.9 Å². The lowest BCUT2D eigenvalue weighted by atomic mass is 9.97. The fourth-order valence-corrected chi connectivity index (χ4v) is 4.92. The largest absolute Gasteiger partial charge is 0.480 e. The van der Waals surface area contributed by atoms with Crippen LogP contribution in [0.1, 0.15) is 43.7 Å². The zero-order valence-corrected chi connectivity index (χ0v) is 20.0. The highest BCUT2D eigenvalue weighted by Gasteiger charge is 2.37. The first-order valence-corrected chi connectivity index (χ1v) is 12.1. The van der Waals surface area contributed by atoms with Crippen molar-refractivity contribution in [2.45, 2.75) is 44.8 Å². The Balaban J connectivity index is 1.31. The highest BCUT2D eigenvalue weighted by molar-refractivity contribution is 5.87. The summed E-state index contributed by atoms with van der Waals surface area (Å²) in [6.45, 7) is 4.44. The van der Waals surface area contributed by atoms with Gasteiger partial charge in [0.25, 0.3) is 0 Å². The van der Waals surface area contributed by atoms with E-state index in [0.29, 0.717) is 19.4 Å². The van der Waals surface area contributed by atoms with Gasteiger partial charge in [-0.2, -0.15) is 0 Å². The summed E-state index contributed by atoms with van der Waals surface area (Å²) in [4.78, 5) is 36.8. The lowest BCUT2D eigenvalue weighted by Crippen LogP contribution is -2.50. The molecule has 2 aliphatic rings. The van der Waals surface area contributed by atoms with Crippen molar-refractivity contribution >= 4 is 18.0 Å². The number of alkyl carbamates (subject to hydrolysis) is 1. The number of amides is 2. The van der Waals surface area contributed by atoms with Gasteiger partial charge in [-0.1, -0.05) is 68.8 Å². The van der Waals surface area contributed by atoms with Gasteiger partial charge in [-0.25, -0.2) is 9.59 Å². The first-order chi connectivity index (χ1) is 16.9. The van der Waals surface area contributed by atoms with E-state index in [2.05, 4.69) is 34.9 Å². The second-order valence-corrected chi connectivity index (χ2v) is 9.26. The average molecular weight is 481 g/mol. The van der Waals surface area contributed by atoms with Crippen molar-refractivity contribution < 1.29 is 29.0 Å². The number of hydrogen-bond donors (Lipinski definition) is 3. The van der Waals surface area contributed by atoms with Crippen molar-refractivity contribution in [1.29, 1.82) is 0 Å². The van der Waals surface area contributed by atoms with Crippen LogP contribution in [-0.4, -0.2) is 55.0 Å². The molecule has 8 nitrogen and oxygen atoms in total. The third-order valence-electron chi connectivity index (χ3n) is 7.10. The molecule has 35 heavy (non-hydrogen) atoms. The quantitative estimate of drug-likeness (QED) is 0.506. The Kier molecular flexibility index (Phi) is 7.70. The van der Waals surface area contributed by atoms with Crippen LogP contribution in [-0.2, 0) is 19.1 Å². The molecule has 0 spiro atoms. The Morgan fingerprint density at radius 2 is 1.71 bits per heavy atom. The first-order valence-electron chi connectivity index (χ1n) is 12.1. The highest BCUT2D eigenvalue weighted by Crippen LogP contribution is 2.44. The minimum absolute atomic E-state index is 0.0324. The number of ether oxygens (including phenoxy) is 2. The molecule has 1 fully saturated rings. The van der Waals surface area contributed by atoms with Gasteiger partial charge in [0, 0.05) is 25.0 Å². The number of benzene rings is 2. The first kappa shape index (κ1) is 24.7. The fourth-order valence-electron chi connectivity index (χ4n) is 4.92. The predicted octanol–water partition coefficient (Wildman–Crippen LogP) is 3.55. The molecule has 1 unspecified atom stereocenters. The molecule has 4 atom stereocenters. The number of fused-ring (bicyclic) bond motifs is 3. The minimum atomic E-state index is -1.07. The molecular weight excluding hydrogens is 448 g/mol. The van der Waals surface area contributed by atoms with Crippen molar-refractivity contribution in [3.8, 4) is 11.1 Å². The number of carboxylic acid groups (broad SMARTS) is 1. The van der Waals surface area contributed by atoms with E-state index in [1.54, 1.807) is 6.92 Å². The molecule has 0 aromatic heterocycles. The van der Waals surface area contributed by atoms with Gasteiger partial charge in [-0.05, 0) is 34.6 Å². The van der Waals surface area contributed by atoms with E-state index in [0.717, 1.165) is 22.3 Å². The van der Waals surface area contributed by atoms with Crippen LogP contribution >= 0.6 is 0 Å². The Labute approximate surface area is 205 Å². The van der Waals surface area contributed by atoms with E-state index in [1.165, 1.54) is 0 Å². The number of hydrogen-bond acceptors (Lipinski definition) is 5. The minimum Gasteiger partial charge on any atom is -0.480 e. The van der Waals surface area contributed by atoms with Gasteiger partial charge in [-0.15, -0.1) is 0 Å². The molecule has 2 aromatic carbocycles. The van der Waals surface area contributed by atoms with Crippen molar-refractivity contribution in [3.05, 3.63) is 59.7 Å². The van der Waals surface area contributed by atoms with Crippen molar-refractivity contribution in [3.63, 3.8) is 0 Å². The smallest absolute Gasteiger partial charge is 0.407 e. The Hall–Kier alpha value is -3.39. The monoisotopic (exact) mass is 480 g/mol. The molecule has 0 saturated carbocycles.